The number of nitrogens with one attached hydrogen (secondary N) is 2. The number of hydrogen-bond acceptors (Lipinski definition) is 5. The number of carbonyl (C=O) groups is 1. The van der Waals surface area contributed by atoms with Crippen LogP contribution in [0.15, 0.2) is 60.7 Å². The largest absolute Gasteiger partial charge is 0.495 e. The molecule has 0 aliphatic heterocycles. The maximum Gasteiger partial charge on any atom is 0.340 e. The van der Waals surface area contributed by atoms with E-state index in [-0.39, 0.29) is 0 Å². The van der Waals surface area contributed by atoms with Gasteiger partial charge in [0, 0.05) is 11.3 Å². The molecule has 1 heterocycles. The van der Waals surface area contributed by atoms with Gasteiger partial charge in [-0.1, -0.05) is 42.5 Å². The van der Waals surface area contributed by atoms with E-state index < -0.39 is 5.97 Å². The van der Waals surface area contributed by atoms with Crippen molar-refractivity contribution < 1.29 is 14.3 Å². The summed E-state index contributed by atoms with van der Waals surface area (Å²) in [7, 11) is 2.97. The van der Waals surface area contributed by atoms with E-state index in [0.29, 0.717) is 21.4 Å². The van der Waals surface area contributed by atoms with Crippen LogP contribution in [0.25, 0.3) is 0 Å². The average Bonchev–Trinajstić information content (AvgIpc) is 3.10. The number of benzene rings is 2. The molecule has 28 heavy (non-hydrogen) atoms. The summed E-state index contributed by atoms with van der Waals surface area (Å²) in [5.41, 5.74) is 2.37. The Morgan fingerprint density at radius 3 is 2.46 bits per heavy atom. The minimum atomic E-state index is -0.404. The number of hydrogen-bond donors (Lipinski definition) is 2. The SMILES string of the molecule is COC(=O)c1cc(Cc2ccccc2)sc1NC(=S)Nc1ccccc1OC. The maximum absolute atomic E-state index is 12.2. The van der Waals surface area contributed by atoms with Crippen LogP contribution in [0.5, 0.6) is 5.75 Å². The van der Waals surface area contributed by atoms with Crippen LogP contribution in [-0.4, -0.2) is 25.3 Å². The van der Waals surface area contributed by atoms with Crippen LogP contribution in [0.1, 0.15) is 20.8 Å². The fourth-order valence-electron chi connectivity index (χ4n) is 2.69. The van der Waals surface area contributed by atoms with Gasteiger partial charge in [0.2, 0.25) is 0 Å². The second-order valence-corrected chi connectivity index (χ2v) is 7.43. The van der Waals surface area contributed by atoms with E-state index in [2.05, 4.69) is 22.8 Å². The summed E-state index contributed by atoms with van der Waals surface area (Å²) in [6, 6.07) is 19.4. The molecular formula is C21H20N2O3S2. The quantitative estimate of drug-likeness (QED) is 0.442. The van der Waals surface area contributed by atoms with E-state index in [4.69, 9.17) is 21.7 Å². The molecule has 0 spiro atoms. The standard InChI is InChI=1S/C21H20N2O3S2/c1-25-18-11-7-6-10-17(18)22-21(27)23-19-16(20(24)26-2)13-15(28-19)12-14-8-4-3-5-9-14/h3-11,13H,12H2,1-2H3,(H2,22,23,27). The molecule has 0 aliphatic carbocycles. The second-order valence-electron chi connectivity index (χ2n) is 5.89. The molecule has 0 bridgehead atoms. The Labute approximate surface area is 173 Å². The van der Waals surface area contributed by atoms with E-state index in [1.807, 2.05) is 48.5 Å². The number of carbonyl (C=O) groups excluding carboxylic acids is 1. The van der Waals surface area contributed by atoms with Crippen molar-refractivity contribution in [3.8, 4) is 5.75 Å². The predicted octanol–water partition coefficient (Wildman–Crippen LogP) is 4.94. The second kappa shape index (κ2) is 9.34. The Hall–Kier alpha value is -2.90. The van der Waals surface area contributed by atoms with Crippen LogP contribution in [0.2, 0.25) is 0 Å². The fraction of sp³-hybridized carbons (Fsp3) is 0.143. The Kier molecular flexibility index (Phi) is 6.62. The highest BCUT2D eigenvalue weighted by atomic mass is 32.1. The highest BCUT2D eigenvalue weighted by Crippen LogP contribution is 2.31. The highest BCUT2D eigenvalue weighted by molar-refractivity contribution is 7.80. The Morgan fingerprint density at radius 1 is 1.04 bits per heavy atom. The summed E-state index contributed by atoms with van der Waals surface area (Å²) in [5, 5.41) is 7.22. The molecule has 2 aromatic carbocycles. The number of esters is 1. The molecule has 0 saturated heterocycles. The molecule has 3 rings (SSSR count). The number of rotatable bonds is 6. The van der Waals surface area contributed by atoms with E-state index >= 15 is 0 Å². The molecule has 0 saturated carbocycles. The van der Waals surface area contributed by atoms with Crippen LogP contribution < -0.4 is 15.4 Å². The van der Waals surface area contributed by atoms with E-state index in [1.165, 1.54) is 24.0 Å². The summed E-state index contributed by atoms with van der Waals surface area (Å²) in [6.45, 7) is 0. The molecule has 3 aromatic rings. The molecule has 0 unspecified atom stereocenters. The lowest BCUT2D eigenvalue weighted by Gasteiger charge is -2.13. The van der Waals surface area contributed by atoms with E-state index in [0.717, 1.165) is 17.0 Å². The molecule has 0 fully saturated rings. The Bertz CT molecular complexity index is 971. The zero-order valence-electron chi connectivity index (χ0n) is 15.5. The number of ether oxygens (including phenoxy) is 2. The third-order valence-corrected chi connectivity index (χ3v) is 5.25. The van der Waals surface area contributed by atoms with Crippen LogP contribution in [0, 0.1) is 0 Å². The molecule has 0 atom stereocenters. The van der Waals surface area contributed by atoms with Gasteiger partial charge in [0.15, 0.2) is 5.11 Å². The van der Waals surface area contributed by atoms with Crippen molar-refractivity contribution in [3.05, 3.63) is 76.7 Å². The zero-order chi connectivity index (χ0) is 19.9. The zero-order valence-corrected chi connectivity index (χ0v) is 17.2. The molecule has 0 aliphatic rings. The minimum absolute atomic E-state index is 0.364. The first-order valence-corrected chi connectivity index (χ1v) is 9.79. The monoisotopic (exact) mass is 412 g/mol. The Balaban J connectivity index is 1.79. The molecule has 0 radical (unpaired) electrons. The smallest absolute Gasteiger partial charge is 0.340 e. The normalized spacial score (nSPS) is 10.2. The lowest BCUT2D eigenvalue weighted by Crippen LogP contribution is -2.20. The van der Waals surface area contributed by atoms with Crippen LogP contribution in [0.3, 0.4) is 0 Å². The van der Waals surface area contributed by atoms with Crippen molar-refractivity contribution in [3.63, 3.8) is 0 Å². The van der Waals surface area contributed by atoms with Crippen molar-refractivity contribution in [1.82, 2.24) is 0 Å². The first kappa shape index (κ1) is 19.9. The summed E-state index contributed by atoms with van der Waals surface area (Å²) < 4.78 is 10.2. The average molecular weight is 413 g/mol. The third-order valence-electron chi connectivity index (χ3n) is 3.99. The van der Waals surface area contributed by atoms with Crippen LogP contribution >= 0.6 is 23.6 Å². The number of methoxy groups -OCH3 is 2. The van der Waals surface area contributed by atoms with Gasteiger partial charge >= 0.3 is 5.97 Å². The summed E-state index contributed by atoms with van der Waals surface area (Å²) in [6.07, 6.45) is 0.726. The molecule has 1 aromatic heterocycles. The van der Waals surface area contributed by atoms with Crippen molar-refractivity contribution in [2.24, 2.45) is 0 Å². The number of thiophene rings is 1. The third kappa shape index (κ3) is 4.88. The van der Waals surface area contributed by atoms with Gasteiger partial charge in [-0.3, -0.25) is 0 Å². The summed E-state index contributed by atoms with van der Waals surface area (Å²) >= 11 is 6.90. The van der Waals surface area contributed by atoms with Gasteiger partial charge in [0.1, 0.15) is 10.8 Å². The lowest BCUT2D eigenvalue weighted by molar-refractivity contribution is 0.0602. The van der Waals surface area contributed by atoms with Gasteiger partial charge in [-0.15, -0.1) is 11.3 Å². The molecule has 0 amide bonds. The Morgan fingerprint density at radius 2 is 1.75 bits per heavy atom. The predicted molar refractivity (Wildman–Crippen MR) is 118 cm³/mol. The molecule has 144 valence electrons. The van der Waals surface area contributed by atoms with Gasteiger partial charge < -0.3 is 20.1 Å². The van der Waals surface area contributed by atoms with Gasteiger partial charge in [0.25, 0.3) is 0 Å². The number of anilines is 2. The topological polar surface area (TPSA) is 59.6 Å². The molecule has 5 nitrogen and oxygen atoms in total. The lowest BCUT2D eigenvalue weighted by atomic mass is 10.1. The van der Waals surface area contributed by atoms with Gasteiger partial charge in [0.05, 0.1) is 25.5 Å². The van der Waals surface area contributed by atoms with Gasteiger partial charge in [-0.05, 0) is 36.0 Å². The van der Waals surface area contributed by atoms with Crippen molar-refractivity contribution in [1.29, 1.82) is 0 Å². The fourth-order valence-corrected chi connectivity index (χ4v) is 4.04. The highest BCUT2D eigenvalue weighted by Gasteiger charge is 2.18. The molecule has 7 heteroatoms. The minimum Gasteiger partial charge on any atom is -0.495 e. The van der Waals surface area contributed by atoms with Crippen molar-refractivity contribution in [2.75, 3.05) is 24.9 Å². The summed E-state index contributed by atoms with van der Waals surface area (Å²) in [4.78, 5) is 13.2. The first-order valence-electron chi connectivity index (χ1n) is 8.56. The molecule has 2 N–H and O–H groups in total. The molecular weight excluding hydrogens is 392 g/mol. The van der Waals surface area contributed by atoms with E-state index in [1.54, 1.807) is 7.11 Å². The van der Waals surface area contributed by atoms with Gasteiger partial charge in [-0.2, -0.15) is 0 Å². The van der Waals surface area contributed by atoms with Crippen molar-refractivity contribution >= 4 is 45.3 Å². The maximum atomic E-state index is 12.2. The van der Waals surface area contributed by atoms with E-state index in [9.17, 15) is 4.79 Å². The van der Waals surface area contributed by atoms with Gasteiger partial charge in [-0.25, -0.2) is 4.79 Å². The first-order chi connectivity index (χ1) is 13.6. The van der Waals surface area contributed by atoms with Crippen molar-refractivity contribution in [2.45, 2.75) is 6.42 Å². The number of para-hydroxylation sites is 2. The number of thiocarbonyl (C=S) groups is 1. The van der Waals surface area contributed by atoms with Crippen LogP contribution in [-0.2, 0) is 11.2 Å². The summed E-state index contributed by atoms with van der Waals surface area (Å²) in [5.74, 6) is 0.272. The van der Waals surface area contributed by atoms with Crippen LogP contribution in [0.4, 0.5) is 10.7 Å².